The van der Waals surface area contributed by atoms with Crippen LogP contribution in [0.4, 0.5) is 0 Å². The number of hydrogen-bond donors (Lipinski definition) is 25. The molecular formula is C77H122N20O27. The highest BCUT2D eigenvalue weighted by atomic mass is 16.4. The molecule has 0 spiro atoms. The average Bonchev–Trinajstić information content (AvgIpc) is 1.65. The molecule has 3 rings (SSSR count). The first-order valence-corrected chi connectivity index (χ1v) is 40.9. The number of aliphatic hydroxyl groups excluding tert-OH is 1. The number of amides is 15. The number of aromatic hydroxyl groups is 1. The molecule has 15 atom stereocenters. The van der Waals surface area contributed by atoms with Crippen molar-refractivity contribution in [1.29, 1.82) is 5.41 Å². The van der Waals surface area contributed by atoms with Gasteiger partial charge in [-0.25, -0.2) is 4.79 Å². The molecule has 0 saturated carbocycles. The van der Waals surface area contributed by atoms with Crippen molar-refractivity contribution in [3.63, 3.8) is 0 Å². The average molecular weight is 1760 g/mol. The van der Waals surface area contributed by atoms with Gasteiger partial charge in [-0.3, -0.25) is 96.5 Å². The van der Waals surface area contributed by atoms with E-state index in [2.05, 4.69) is 53.2 Å². The van der Waals surface area contributed by atoms with Gasteiger partial charge in [0.15, 0.2) is 5.96 Å². The van der Waals surface area contributed by atoms with Crippen LogP contribution < -0.4 is 91.6 Å². The van der Waals surface area contributed by atoms with Crippen molar-refractivity contribution in [3.8, 4) is 5.75 Å². The van der Waals surface area contributed by atoms with Gasteiger partial charge in [0.2, 0.25) is 88.6 Å². The molecule has 47 nitrogen and oxygen atoms in total. The SMILES string of the molecule is CCCC[C@H](NC(=O)[C@@H]1CCCN1C(=O)[C@H](Cc1ccc(O)cc1)NC(=O)[C@@H](NC(=O)[C@H](CCCCN)NC(=O)[C@@H](NC(=O)[C@@H]1CCCN1C(=O)[C@@H](N)CCCNC(=N)N)C(C)C)C(C)C)C(=O)NCC(=O)N[C@@H](C)C(=O)N[C@@H](CCC(=O)O)C(=O)N[C@@H](CC(=O)O)C(=O)N[C@@H](CCC(=O)O)C(=O)N[C@@H](CO)C(=O)N[C@@H](C)C(=O)N[C@@H](CCC(=O)O)C(=O)O. The summed E-state index contributed by atoms with van der Waals surface area (Å²) in [5.41, 5.74) is 17.9. The number of nitrogens with zero attached hydrogens (tertiary/aromatic N) is 2. The van der Waals surface area contributed by atoms with Crippen LogP contribution in [-0.2, 0) is 102 Å². The lowest BCUT2D eigenvalue weighted by molar-refractivity contribution is -0.144. The molecule has 2 aliphatic heterocycles. The lowest BCUT2D eigenvalue weighted by Crippen LogP contribution is -2.61. The van der Waals surface area contributed by atoms with Gasteiger partial charge in [0, 0.05) is 45.3 Å². The Labute approximate surface area is 714 Å². The van der Waals surface area contributed by atoms with Gasteiger partial charge in [0.05, 0.1) is 25.6 Å². The predicted octanol–water partition coefficient (Wildman–Crippen LogP) is -6.74. The number of hydrogen-bond acceptors (Lipinski definition) is 25. The summed E-state index contributed by atoms with van der Waals surface area (Å²) in [7, 11) is 0. The number of benzene rings is 1. The zero-order valence-electron chi connectivity index (χ0n) is 70.4. The number of phenols is 1. The molecule has 15 amide bonds. The van der Waals surface area contributed by atoms with Crippen LogP contribution in [0.3, 0.4) is 0 Å². The number of aliphatic carboxylic acids is 5. The van der Waals surface area contributed by atoms with Crippen LogP contribution in [0, 0.1) is 17.2 Å². The molecular weight excluding hydrogens is 1640 g/mol. The first-order valence-electron chi connectivity index (χ1n) is 40.9. The minimum Gasteiger partial charge on any atom is -0.508 e. The first kappa shape index (κ1) is 106. The van der Waals surface area contributed by atoms with E-state index in [0.29, 0.717) is 50.6 Å². The zero-order chi connectivity index (χ0) is 93.4. The minimum atomic E-state index is -2.21. The van der Waals surface area contributed by atoms with Gasteiger partial charge in [0.25, 0.3) is 0 Å². The molecule has 0 aliphatic carbocycles. The highest BCUT2D eigenvalue weighted by Crippen LogP contribution is 2.24. The Morgan fingerprint density at radius 1 is 0.452 bits per heavy atom. The number of carbonyl (C=O) groups excluding carboxylic acids is 15. The summed E-state index contributed by atoms with van der Waals surface area (Å²) in [6.07, 6.45) is -2.77. The van der Waals surface area contributed by atoms with Gasteiger partial charge in [0.1, 0.15) is 90.3 Å². The van der Waals surface area contributed by atoms with E-state index < -0.39 is 279 Å². The normalized spacial score (nSPS) is 16.7. The molecule has 0 aromatic heterocycles. The second-order valence-corrected chi connectivity index (χ2v) is 30.9. The highest BCUT2D eigenvalue weighted by molar-refractivity contribution is 6.01. The molecule has 1 aromatic rings. The van der Waals surface area contributed by atoms with Crippen molar-refractivity contribution < 1.29 is 132 Å². The maximum atomic E-state index is 15.0. The van der Waals surface area contributed by atoms with Crippen LogP contribution >= 0.6 is 0 Å². The van der Waals surface area contributed by atoms with Crippen molar-refractivity contribution in [2.45, 2.75) is 268 Å². The second-order valence-electron chi connectivity index (χ2n) is 30.9. The summed E-state index contributed by atoms with van der Waals surface area (Å²) in [5.74, 6) is -24.5. The standard InChI is InChI=1S/C77H122N20O27/c1-8-9-16-45(64(111)83-36-55(100)84-40(6)62(109)86-47(24-27-56(101)102)65(112)91-50(35-59(107)108)68(115)87-48(25-28-57(103)104)66(113)93-52(37-98)69(116)85-41(7)63(110)90-49(76(123)124)26-29-58(105)106)88-70(117)53-18-14-33-97(53)75(122)51(34-42-20-22-43(99)23-21-42)92-73(120)60(38(2)3)94-67(114)46(17-10-11-30-78)89-72(119)61(39(4)5)95-71(118)54-19-13-32-96(54)74(121)44(79)15-12-31-82-77(80)81/h20-23,38-41,44-54,60-61,98-99H,8-19,24-37,78-79H2,1-7H3,(H,83,111)(H,84,100)(H,85,116)(H,86,109)(H,87,115)(H,88,117)(H,89,119)(H,90,110)(H,91,112)(H,92,120)(H,93,113)(H,94,114)(H,95,118)(H,101,102)(H,103,104)(H,105,106)(H,107,108)(H,123,124)(H4,80,81,82)/t40-,41-,44-,45-,46-,47-,48-,49-,50-,51-,52-,53-,54-,60-,61-/m0/s1. The van der Waals surface area contributed by atoms with E-state index in [1.165, 1.54) is 34.1 Å². The number of carbonyl (C=O) groups is 20. The molecule has 0 bridgehead atoms. The third-order valence-electron chi connectivity index (χ3n) is 20.1. The third kappa shape index (κ3) is 36.7. The van der Waals surface area contributed by atoms with E-state index in [0.717, 1.165) is 13.8 Å². The van der Waals surface area contributed by atoms with Crippen LogP contribution in [0.15, 0.2) is 24.3 Å². The monoisotopic (exact) mass is 1760 g/mol. The van der Waals surface area contributed by atoms with Crippen molar-refractivity contribution in [2.75, 3.05) is 39.3 Å². The zero-order valence-corrected chi connectivity index (χ0v) is 70.4. The molecule has 2 saturated heterocycles. The van der Waals surface area contributed by atoms with Crippen LogP contribution in [0.1, 0.15) is 176 Å². The molecule has 124 heavy (non-hydrogen) atoms. The summed E-state index contributed by atoms with van der Waals surface area (Å²) < 4.78 is 0. The van der Waals surface area contributed by atoms with Gasteiger partial charge in [-0.1, -0.05) is 59.6 Å². The minimum absolute atomic E-state index is 0.0139. The maximum Gasteiger partial charge on any atom is 0.326 e. The fourth-order valence-electron chi connectivity index (χ4n) is 13.2. The predicted molar refractivity (Wildman–Crippen MR) is 436 cm³/mol. The fourth-order valence-corrected chi connectivity index (χ4v) is 13.2. The molecule has 2 aliphatic rings. The fraction of sp³-hybridized carbons (Fsp3) is 0.649. The smallest absolute Gasteiger partial charge is 0.326 e. The number of carboxylic acid groups (broad SMARTS) is 5. The van der Waals surface area contributed by atoms with Crippen molar-refractivity contribution in [3.05, 3.63) is 29.8 Å². The number of rotatable bonds is 56. The Morgan fingerprint density at radius 3 is 1.38 bits per heavy atom. The second kappa shape index (κ2) is 53.5. The van der Waals surface area contributed by atoms with Crippen LogP contribution in [-0.4, -0.2) is 300 Å². The lowest BCUT2D eigenvalue weighted by atomic mass is 9.98. The third-order valence-corrected chi connectivity index (χ3v) is 20.1. The number of guanidine groups is 1. The largest absolute Gasteiger partial charge is 0.508 e. The number of aliphatic hydroxyl groups is 1. The first-order chi connectivity index (χ1) is 58.3. The van der Waals surface area contributed by atoms with Gasteiger partial charge in [-0.05, 0) is 133 Å². The number of nitrogens with one attached hydrogen (secondary N) is 15. The summed E-state index contributed by atoms with van der Waals surface area (Å²) >= 11 is 0. The summed E-state index contributed by atoms with van der Waals surface area (Å²) in [6.45, 7) is 9.12. The Kier molecular flexibility index (Phi) is 45.6. The van der Waals surface area contributed by atoms with Gasteiger partial charge in [-0.15, -0.1) is 0 Å². The Bertz CT molecular complexity index is 3930. The Morgan fingerprint density at radius 2 is 0.879 bits per heavy atom. The summed E-state index contributed by atoms with van der Waals surface area (Å²) in [5, 5.41) is 108. The van der Waals surface area contributed by atoms with E-state index in [9.17, 15) is 122 Å². The number of unbranched alkanes of at least 4 members (excludes halogenated alkanes) is 2. The van der Waals surface area contributed by atoms with E-state index in [-0.39, 0.29) is 76.3 Å². The van der Waals surface area contributed by atoms with Gasteiger partial charge >= 0.3 is 29.8 Å². The lowest BCUT2D eigenvalue weighted by Gasteiger charge is -2.32. The Hall–Kier alpha value is -12.4. The van der Waals surface area contributed by atoms with Crippen molar-refractivity contribution in [2.24, 2.45) is 29.0 Å². The molecule has 2 fully saturated rings. The molecule has 47 heteroatoms. The van der Waals surface area contributed by atoms with Crippen molar-refractivity contribution in [1.82, 2.24) is 84.2 Å². The van der Waals surface area contributed by atoms with Crippen LogP contribution in [0.2, 0.25) is 0 Å². The molecule has 692 valence electrons. The summed E-state index contributed by atoms with van der Waals surface area (Å²) in [4.78, 5) is 270. The molecule has 28 N–H and O–H groups in total. The Balaban J connectivity index is 1.80. The topological polar surface area (TPSA) is 760 Å². The molecule has 2 heterocycles. The van der Waals surface area contributed by atoms with Gasteiger partial charge < -0.3 is 137 Å². The highest BCUT2D eigenvalue weighted by Gasteiger charge is 2.43. The van der Waals surface area contributed by atoms with Crippen LogP contribution in [0.5, 0.6) is 5.75 Å². The van der Waals surface area contributed by atoms with Crippen molar-refractivity contribution >= 4 is 124 Å². The van der Waals surface area contributed by atoms with E-state index >= 15 is 4.79 Å². The maximum absolute atomic E-state index is 15.0. The number of carboxylic acids is 5. The molecule has 0 unspecified atom stereocenters. The molecule has 0 radical (unpaired) electrons. The summed E-state index contributed by atoms with van der Waals surface area (Å²) in [6, 6.07) is -17.4. The number of likely N-dealkylation sites (tertiary alicyclic amines) is 2. The van der Waals surface area contributed by atoms with E-state index in [4.69, 9.17) is 27.7 Å². The van der Waals surface area contributed by atoms with E-state index in [1.807, 2.05) is 21.3 Å². The molecule has 1 aromatic carbocycles. The van der Waals surface area contributed by atoms with Gasteiger partial charge in [-0.2, -0.15) is 0 Å². The number of nitrogens with two attached hydrogens (primary N) is 3. The van der Waals surface area contributed by atoms with E-state index in [1.54, 1.807) is 34.6 Å². The quantitative estimate of drug-likeness (QED) is 0.0164. The van der Waals surface area contributed by atoms with Crippen LogP contribution in [0.25, 0.3) is 0 Å². The number of phenolic OH excluding ortho intramolecular Hbond substituents is 1.